The molecule has 0 aliphatic carbocycles. The average molecular weight is 482 g/mol. The summed E-state index contributed by atoms with van der Waals surface area (Å²) in [6.07, 6.45) is 0. The molecule has 1 aromatic heterocycles. The number of amides is 1. The first-order valence-electron chi connectivity index (χ1n) is 11.1. The Morgan fingerprint density at radius 1 is 1.00 bits per heavy atom. The number of benzene rings is 2. The van der Waals surface area contributed by atoms with E-state index >= 15 is 0 Å². The van der Waals surface area contributed by atoms with Crippen LogP contribution in [0.5, 0.6) is 11.5 Å². The fourth-order valence-electron chi connectivity index (χ4n) is 3.35. The van der Waals surface area contributed by atoms with Crippen molar-refractivity contribution in [3.8, 4) is 11.5 Å². The van der Waals surface area contributed by atoms with Gasteiger partial charge in [0.2, 0.25) is 0 Å². The Labute approximate surface area is 205 Å². The Morgan fingerprint density at radius 3 is 2.31 bits per heavy atom. The van der Waals surface area contributed by atoms with Crippen molar-refractivity contribution >= 4 is 17.6 Å². The SMILES string of the molecule is COc1cc(C(=O)OCC(=O)N(C)Cc2ccc(N(C)C)cc2)ccc1OCc1c(C)noc1C. The first-order chi connectivity index (χ1) is 16.7. The normalized spacial score (nSPS) is 10.6. The van der Waals surface area contributed by atoms with Crippen molar-refractivity contribution in [1.29, 1.82) is 0 Å². The molecule has 0 saturated carbocycles. The van der Waals surface area contributed by atoms with Gasteiger partial charge in [0.25, 0.3) is 5.91 Å². The first kappa shape index (κ1) is 25.6. The molecule has 1 heterocycles. The topological polar surface area (TPSA) is 94.3 Å². The molecule has 0 atom stereocenters. The van der Waals surface area contributed by atoms with E-state index in [1.54, 1.807) is 19.2 Å². The van der Waals surface area contributed by atoms with Gasteiger partial charge in [-0.1, -0.05) is 17.3 Å². The monoisotopic (exact) mass is 481 g/mol. The van der Waals surface area contributed by atoms with Crippen molar-refractivity contribution < 1.29 is 28.3 Å². The zero-order chi connectivity index (χ0) is 25.5. The van der Waals surface area contributed by atoms with E-state index < -0.39 is 5.97 Å². The van der Waals surface area contributed by atoms with E-state index in [2.05, 4.69) is 5.16 Å². The fourth-order valence-corrected chi connectivity index (χ4v) is 3.35. The summed E-state index contributed by atoms with van der Waals surface area (Å²) in [5.41, 5.74) is 3.91. The van der Waals surface area contributed by atoms with Crippen LogP contribution in [-0.4, -0.2) is 56.8 Å². The summed E-state index contributed by atoms with van der Waals surface area (Å²) < 4.78 is 21.6. The Kier molecular flexibility index (Phi) is 8.35. The zero-order valence-corrected chi connectivity index (χ0v) is 21.0. The summed E-state index contributed by atoms with van der Waals surface area (Å²) in [6, 6.07) is 12.6. The van der Waals surface area contributed by atoms with Gasteiger partial charge in [0, 0.05) is 33.4 Å². The van der Waals surface area contributed by atoms with Crippen molar-refractivity contribution in [2.45, 2.75) is 27.0 Å². The number of rotatable bonds is 10. The van der Waals surface area contributed by atoms with E-state index in [9.17, 15) is 9.59 Å². The molecule has 0 bridgehead atoms. The molecule has 35 heavy (non-hydrogen) atoms. The average Bonchev–Trinajstić information content (AvgIpc) is 3.17. The van der Waals surface area contributed by atoms with E-state index in [4.69, 9.17) is 18.7 Å². The highest BCUT2D eigenvalue weighted by Crippen LogP contribution is 2.30. The number of ether oxygens (including phenoxy) is 3. The molecule has 9 heteroatoms. The summed E-state index contributed by atoms with van der Waals surface area (Å²) in [4.78, 5) is 28.5. The first-order valence-corrected chi connectivity index (χ1v) is 11.1. The highest BCUT2D eigenvalue weighted by Gasteiger charge is 2.17. The highest BCUT2D eigenvalue weighted by molar-refractivity contribution is 5.92. The number of carbonyl (C=O) groups is 2. The Morgan fingerprint density at radius 2 is 1.71 bits per heavy atom. The second-order valence-corrected chi connectivity index (χ2v) is 8.34. The standard InChI is InChI=1S/C26H31N3O6/c1-17-22(18(2)35-27-17)15-33-23-12-9-20(13-24(23)32-6)26(31)34-16-25(30)29(5)14-19-7-10-21(11-8-19)28(3)4/h7-13H,14-16H2,1-6H3. The van der Waals surface area contributed by atoms with Crippen LogP contribution >= 0.6 is 0 Å². The van der Waals surface area contributed by atoms with Crippen molar-refractivity contribution in [2.24, 2.45) is 0 Å². The van der Waals surface area contributed by atoms with Gasteiger partial charge in [-0.3, -0.25) is 4.79 Å². The van der Waals surface area contributed by atoms with Crippen molar-refractivity contribution in [3.63, 3.8) is 0 Å². The third kappa shape index (κ3) is 6.53. The second kappa shape index (κ2) is 11.4. The van der Waals surface area contributed by atoms with E-state index in [1.807, 2.05) is 57.1 Å². The number of anilines is 1. The third-order valence-corrected chi connectivity index (χ3v) is 5.58. The minimum atomic E-state index is -0.627. The van der Waals surface area contributed by atoms with Gasteiger partial charge in [-0.2, -0.15) is 0 Å². The molecule has 0 fully saturated rings. The van der Waals surface area contributed by atoms with Gasteiger partial charge >= 0.3 is 5.97 Å². The predicted octanol–water partition coefficient (Wildman–Crippen LogP) is 3.76. The van der Waals surface area contributed by atoms with Crippen molar-refractivity contribution in [1.82, 2.24) is 10.1 Å². The number of hydrogen-bond donors (Lipinski definition) is 0. The number of aryl methyl sites for hydroxylation is 2. The summed E-state index contributed by atoms with van der Waals surface area (Å²) in [7, 11) is 7.09. The molecule has 3 aromatic rings. The van der Waals surface area contributed by atoms with E-state index in [0.717, 1.165) is 22.5 Å². The number of aromatic nitrogens is 1. The minimum absolute atomic E-state index is 0.250. The number of nitrogens with zero attached hydrogens (tertiary/aromatic N) is 3. The molecule has 0 aliphatic rings. The van der Waals surface area contributed by atoms with E-state index in [1.165, 1.54) is 18.1 Å². The number of methoxy groups -OCH3 is 1. The van der Waals surface area contributed by atoms with E-state index in [-0.39, 0.29) is 24.7 Å². The molecule has 2 aromatic carbocycles. The molecular weight excluding hydrogens is 450 g/mol. The van der Waals surface area contributed by atoms with Gasteiger partial charge in [0.1, 0.15) is 12.4 Å². The van der Waals surface area contributed by atoms with Crippen molar-refractivity contribution in [3.05, 3.63) is 70.6 Å². The molecular formula is C26H31N3O6. The van der Waals surface area contributed by atoms with Gasteiger partial charge in [-0.05, 0) is 49.7 Å². The summed E-state index contributed by atoms with van der Waals surface area (Å²) in [5.74, 6) is 0.580. The molecule has 0 radical (unpaired) electrons. The maximum atomic E-state index is 12.5. The highest BCUT2D eigenvalue weighted by atomic mass is 16.5. The lowest BCUT2D eigenvalue weighted by Crippen LogP contribution is -2.30. The lowest BCUT2D eigenvalue weighted by molar-refractivity contribution is -0.133. The molecule has 0 aliphatic heterocycles. The molecule has 3 rings (SSSR count). The Balaban J connectivity index is 1.55. The van der Waals surface area contributed by atoms with Gasteiger partial charge < -0.3 is 28.5 Å². The Bertz CT molecular complexity index is 1150. The lowest BCUT2D eigenvalue weighted by Gasteiger charge is -2.18. The summed E-state index contributed by atoms with van der Waals surface area (Å²) in [6.45, 7) is 3.95. The summed E-state index contributed by atoms with van der Waals surface area (Å²) >= 11 is 0. The zero-order valence-electron chi connectivity index (χ0n) is 21.0. The molecule has 186 valence electrons. The predicted molar refractivity (Wildman–Crippen MR) is 131 cm³/mol. The van der Waals surface area contributed by atoms with Gasteiger partial charge in [0.15, 0.2) is 18.1 Å². The second-order valence-electron chi connectivity index (χ2n) is 8.34. The van der Waals surface area contributed by atoms with Crippen LogP contribution in [0.2, 0.25) is 0 Å². The largest absolute Gasteiger partial charge is 0.493 e. The van der Waals surface area contributed by atoms with Crippen LogP contribution in [-0.2, 0) is 22.7 Å². The van der Waals surface area contributed by atoms with Crippen molar-refractivity contribution in [2.75, 3.05) is 39.8 Å². The molecule has 0 saturated heterocycles. The van der Waals surface area contributed by atoms with Gasteiger partial charge in [-0.15, -0.1) is 0 Å². The summed E-state index contributed by atoms with van der Waals surface area (Å²) in [5, 5.41) is 3.91. The molecule has 9 nitrogen and oxygen atoms in total. The van der Waals surface area contributed by atoms with Crippen LogP contribution in [0.3, 0.4) is 0 Å². The smallest absolute Gasteiger partial charge is 0.338 e. The maximum Gasteiger partial charge on any atom is 0.338 e. The molecule has 1 amide bonds. The van der Waals surface area contributed by atoms with Crippen LogP contribution in [0.1, 0.15) is 32.9 Å². The molecule has 0 N–H and O–H groups in total. The van der Waals surface area contributed by atoms with E-state index in [0.29, 0.717) is 23.8 Å². The number of esters is 1. The molecule has 0 unspecified atom stereocenters. The van der Waals surface area contributed by atoms with Gasteiger partial charge in [-0.25, -0.2) is 4.79 Å². The third-order valence-electron chi connectivity index (χ3n) is 5.58. The van der Waals surface area contributed by atoms with Crippen LogP contribution in [0.15, 0.2) is 47.0 Å². The van der Waals surface area contributed by atoms with Crippen LogP contribution in [0, 0.1) is 13.8 Å². The van der Waals surface area contributed by atoms with Crippen LogP contribution < -0.4 is 14.4 Å². The van der Waals surface area contributed by atoms with Crippen LogP contribution in [0.25, 0.3) is 0 Å². The maximum absolute atomic E-state index is 12.5. The Hall–Kier alpha value is -4.01. The lowest BCUT2D eigenvalue weighted by atomic mass is 10.2. The van der Waals surface area contributed by atoms with Gasteiger partial charge in [0.05, 0.1) is 23.9 Å². The van der Waals surface area contributed by atoms with Crippen LogP contribution in [0.4, 0.5) is 5.69 Å². The quantitative estimate of drug-likeness (QED) is 0.404. The fraction of sp³-hybridized carbons (Fsp3) is 0.346. The molecule has 0 spiro atoms. The number of carbonyl (C=O) groups excluding carboxylic acids is 2. The number of hydrogen-bond acceptors (Lipinski definition) is 8. The minimum Gasteiger partial charge on any atom is -0.493 e. The number of likely N-dealkylation sites (N-methyl/N-ethyl adjacent to an activating group) is 1.